The van der Waals surface area contributed by atoms with Crippen molar-refractivity contribution >= 4 is 29.4 Å². The molecule has 0 aromatic heterocycles. The van der Waals surface area contributed by atoms with E-state index in [1.807, 2.05) is 0 Å². The molecule has 0 saturated heterocycles. The third kappa shape index (κ3) is 3.20. The van der Waals surface area contributed by atoms with Crippen molar-refractivity contribution in [3.8, 4) is 5.75 Å². The molecule has 8 nitrogen and oxygen atoms in total. The molecule has 2 heterocycles. The van der Waals surface area contributed by atoms with Crippen LogP contribution in [0, 0.1) is 0 Å². The van der Waals surface area contributed by atoms with Crippen molar-refractivity contribution in [1.29, 1.82) is 0 Å². The molecule has 1 atom stereocenters. The van der Waals surface area contributed by atoms with E-state index in [1.165, 1.54) is 0 Å². The summed E-state index contributed by atoms with van der Waals surface area (Å²) in [5, 5.41) is 2.67. The number of carbonyl (C=O) groups excluding carboxylic acids is 4. The number of ether oxygens (including phenoxy) is 2. The van der Waals surface area contributed by atoms with E-state index in [1.54, 1.807) is 48.5 Å². The van der Waals surface area contributed by atoms with Crippen molar-refractivity contribution in [2.24, 2.45) is 0 Å². The van der Waals surface area contributed by atoms with Crippen LogP contribution in [-0.2, 0) is 14.3 Å². The van der Waals surface area contributed by atoms with Crippen LogP contribution in [0.25, 0.3) is 0 Å². The Hall–Kier alpha value is -3.68. The molecule has 2 aromatic carbocycles. The minimum Gasteiger partial charge on any atom is -0.478 e. The molecule has 2 aliphatic rings. The summed E-state index contributed by atoms with van der Waals surface area (Å²) >= 11 is 0. The predicted molar refractivity (Wildman–Crippen MR) is 96.9 cm³/mol. The molecule has 8 heteroatoms. The Kier molecular flexibility index (Phi) is 4.52. The first-order valence-corrected chi connectivity index (χ1v) is 8.72. The van der Waals surface area contributed by atoms with Gasteiger partial charge in [0.05, 0.1) is 29.8 Å². The van der Waals surface area contributed by atoms with Crippen LogP contribution in [0.2, 0.25) is 0 Å². The number of hydrogen-bond acceptors (Lipinski definition) is 6. The van der Waals surface area contributed by atoms with Crippen LogP contribution < -0.4 is 10.1 Å². The van der Waals surface area contributed by atoms with Crippen molar-refractivity contribution in [3.05, 3.63) is 59.7 Å². The van der Waals surface area contributed by atoms with Gasteiger partial charge < -0.3 is 14.8 Å². The van der Waals surface area contributed by atoms with E-state index < -0.39 is 29.8 Å². The molecule has 3 amide bonds. The van der Waals surface area contributed by atoms with E-state index in [2.05, 4.69) is 5.32 Å². The monoisotopic (exact) mass is 380 g/mol. The van der Waals surface area contributed by atoms with E-state index >= 15 is 0 Å². The summed E-state index contributed by atoms with van der Waals surface area (Å²) in [6, 6.07) is 13.4. The largest absolute Gasteiger partial charge is 0.478 e. The Labute approximate surface area is 160 Å². The lowest BCUT2D eigenvalue weighted by atomic mass is 10.1. The molecule has 0 spiro atoms. The van der Waals surface area contributed by atoms with Gasteiger partial charge in [0.15, 0.2) is 6.10 Å². The topological polar surface area (TPSA) is 102 Å². The van der Waals surface area contributed by atoms with Crippen molar-refractivity contribution in [1.82, 2.24) is 4.90 Å². The van der Waals surface area contributed by atoms with Gasteiger partial charge in [-0.1, -0.05) is 24.3 Å². The molecule has 0 radical (unpaired) electrons. The van der Waals surface area contributed by atoms with Gasteiger partial charge in [-0.3, -0.25) is 24.1 Å². The standard InChI is InChI=1S/C20H16N2O6/c23-17(11-16-18(24)21-14-7-3-4-8-15(14)28-16)27-10-9-22-19(25)12-5-1-2-6-13(12)20(22)26/h1-8,16H,9-11H2,(H,21,24)/t16-/m0/s1. The molecule has 2 aliphatic heterocycles. The van der Waals surface area contributed by atoms with Gasteiger partial charge >= 0.3 is 5.97 Å². The highest BCUT2D eigenvalue weighted by atomic mass is 16.5. The second kappa shape index (κ2) is 7.15. The van der Waals surface area contributed by atoms with Crippen molar-refractivity contribution in [2.45, 2.75) is 12.5 Å². The second-order valence-electron chi connectivity index (χ2n) is 6.32. The third-order valence-electron chi connectivity index (χ3n) is 4.51. The number of nitrogens with one attached hydrogen (secondary N) is 1. The number of esters is 1. The lowest BCUT2D eigenvalue weighted by Crippen LogP contribution is -2.39. The molecule has 0 aliphatic carbocycles. The highest BCUT2D eigenvalue weighted by Gasteiger charge is 2.35. The highest BCUT2D eigenvalue weighted by molar-refractivity contribution is 6.21. The quantitative estimate of drug-likeness (QED) is 0.625. The summed E-state index contributed by atoms with van der Waals surface area (Å²) in [4.78, 5) is 49.6. The predicted octanol–water partition coefficient (Wildman–Crippen LogP) is 1.62. The maximum absolute atomic E-state index is 12.3. The molecule has 28 heavy (non-hydrogen) atoms. The zero-order valence-electron chi connectivity index (χ0n) is 14.7. The van der Waals surface area contributed by atoms with E-state index in [9.17, 15) is 19.2 Å². The number of nitrogens with zero attached hydrogens (tertiary/aromatic N) is 1. The van der Waals surface area contributed by atoms with Gasteiger partial charge in [-0.2, -0.15) is 0 Å². The van der Waals surface area contributed by atoms with Crippen molar-refractivity contribution in [2.75, 3.05) is 18.5 Å². The van der Waals surface area contributed by atoms with Crippen LogP contribution >= 0.6 is 0 Å². The third-order valence-corrected chi connectivity index (χ3v) is 4.51. The normalized spacial score (nSPS) is 17.5. The number of hydrogen-bond donors (Lipinski definition) is 1. The summed E-state index contributed by atoms with van der Waals surface area (Å²) in [5.74, 6) is -1.44. The van der Waals surface area contributed by atoms with Crippen LogP contribution in [-0.4, -0.2) is 47.8 Å². The number of rotatable bonds is 5. The van der Waals surface area contributed by atoms with E-state index in [4.69, 9.17) is 9.47 Å². The van der Waals surface area contributed by atoms with Gasteiger partial charge in [0.2, 0.25) is 0 Å². The first-order chi connectivity index (χ1) is 13.5. The van der Waals surface area contributed by atoms with Crippen LogP contribution in [0.15, 0.2) is 48.5 Å². The Morgan fingerprint density at radius 2 is 1.64 bits per heavy atom. The molecule has 0 saturated carbocycles. The van der Waals surface area contributed by atoms with Crippen LogP contribution in [0.3, 0.4) is 0 Å². The molecule has 4 rings (SSSR count). The number of carbonyl (C=O) groups is 4. The highest BCUT2D eigenvalue weighted by Crippen LogP contribution is 2.29. The molecule has 0 bridgehead atoms. The first kappa shape index (κ1) is 17.7. The minimum atomic E-state index is -0.998. The summed E-state index contributed by atoms with van der Waals surface area (Å²) in [5.41, 5.74) is 1.22. The fourth-order valence-electron chi connectivity index (χ4n) is 3.13. The minimum absolute atomic E-state index is 0.0569. The number of fused-ring (bicyclic) bond motifs is 2. The van der Waals surface area contributed by atoms with Gasteiger partial charge in [0, 0.05) is 0 Å². The fourth-order valence-corrected chi connectivity index (χ4v) is 3.13. The van der Waals surface area contributed by atoms with Crippen molar-refractivity contribution in [3.63, 3.8) is 0 Å². The van der Waals surface area contributed by atoms with Gasteiger partial charge in [-0.05, 0) is 24.3 Å². The maximum atomic E-state index is 12.3. The number of benzene rings is 2. The first-order valence-electron chi connectivity index (χ1n) is 8.72. The van der Waals surface area contributed by atoms with Gasteiger partial charge in [0.25, 0.3) is 17.7 Å². The Balaban J connectivity index is 1.30. The summed E-state index contributed by atoms with van der Waals surface area (Å²) in [6.45, 7) is -0.214. The smallest absolute Gasteiger partial charge is 0.310 e. The second-order valence-corrected chi connectivity index (χ2v) is 6.32. The Bertz CT molecular complexity index is 951. The van der Waals surface area contributed by atoms with Gasteiger partial charge in [-0.25, -0.2) is 0 Å². The lowest BCUT2D eigenvalue weighted by molar-refractivity contribution is -0.148. The molecular formula is C20H16N2O6. The zero-order valence-corrected chi connectivity index (χ0v) is 14.7. The Morgan fingerprint density at radius 3 is 2.36 bits per heavy atom. The molecule has 0 fully saturated rings. The van der Waals surface area contributed by atoms with E-state index in [0.29, 0.717) is 22.6 Å². The molecule has 1 N–H and O–H groups in total. The van der Waals surface area contributed by atoms with Gasteiger partial charge in [0.1, 0.15) is 12.4 Å². The van der Waals surface area contributed by atoms with Crippen LogP contribution in [0.4, 0.5) is 5.69 Å². The number of amides is 3. The number of imide groups is 1. The van der Waals surface area contributed by atoms with Gasteiger partial charge in [-0.15, -0.1) is 0 Å². The number of para-hydroxylation sites is 2. The number of anilines is 1. The average Bonchev–Trinajstić information content (AvgIpc) is 2.94. The van der Waals surface area contributed by atoms with Crippen LogP contribution in [0.1, 0.15) is 27.1 Å². The SMILES string of the molecule is O=C(C[C@@H]1Oc2ccccc2NC1=O)OCCN1C(=O)c2ccccc2C1=O. The fraction of sp³-hybridized carbons (Fsp3) is 0.200. The molecule has 0 unspecified atom stereocenters. The lowest BCUT2D eigenvalue weighted by Gasteiger charge is -2.25. The van der Waals surface area contributed by atoms with E-state index in [-0.39, 0.29) is 19.6 Å². The summed E-state index contributed by atoms with van der Waals surface area (Å²) < 4.78 is 10.6. The molecular weight excluding hydrogens is 364 g/mol. The Morgan fingerprint density at radius 1 is 1.00 bits per heavy atom. The maximum Gasteiger partial charge on any atom is 0.310 e. The molecule has 2 aromatic rings. The average molecular weight is 380 g/mol. The van der Waals surface area contributed by atoms with Crippen molar-refractivity contribution < 1.29 is 28.7 Å². The van der Waals surface area contributed by atoms with Crippen LogP contribution in [0.5, 0.6) is 5.75 Å². The molecule has 142 valence electrons. The zero-order chi connectivity index (χ0) is 19.7. The summed E-state index contributed by atoms with van der Waals surface area (Å²) in [6.07, 6.45) is -1.27. The van der Waals surface area contributed by atoms with E-state index in [0.717, 1.165) is 4.90 Å². The summed E-state index contributed by atoms with van der Waals surface area (Å²) in [7, 11) is 0.